The Morgan fingerprint density at radius 2 is 1.84 bits per heavy atom. The first-order chi connectivity index (χ1) is 11.6. The van der Waals surface area contributed by atoms with Crippen molar-refractivity contribution < 1.29 is 22.8 Å². The van der Waals surface area contributed by atoms with Gasteiger partial charge in [-0.1, -0.05) is 43.8 Å². The van der Waals surface area contributed by atoms with E-state index in [-0.39, 0.29) is 16.5 Å². The first-order valence-electron chi connectivity index (χ1n) is 7.20. The topological polar surface area (TPSA) is 98.0 Å². The van der Waals surface area contributed by atoms with Crippen molar-refractivity contribution in [1.29, 1.82) is 0 Å². The van der Waals surface area contributed by atoms with E-state index in [2.05, 4.69) is 9.97 Å². The summed E-state index contributed by atoms with van der Waals surface area (Å²) in [6.45, 7) is 3.40. The summed E-state index contributed by atoms with van der Waals surface area (Å²) in [5, 5.41) is 1.49. The minimum absolute atomic E-state index is 0.0104. The molecule has 0 aliphatic carbocycles. The minimum Gasteiger partial charge on any atom is -0.351 e. The zero-order valence-corrected chi connectivity index (χ0v) is 14.1. The van der Waals surface area contributed by atoms with E-state index >= 15 is 0 Å². The molecule has 0 saturated heterocycles. The Balaban J connectivity index is 2.50. The van der Waals surface area contributed by atoms with Crippen molar-refractivity contribution in [3.05, 3.63) is 30.1 Å². The quantitative estimate of drug-likeness (QED) is 0.635. The number of fused-ring (bicyclic) bond motifs is 1. The highest BCUT2D eigenvalue weighted by Gasteiger charge is 2.36. The number of halogens is 3. The number of carbonyl (C=O) groups is 2. The van der Waals surface area contributed by atoms with Gasteiger partial charge in [0.2, 0.25) is 11.7 Å². The molecule has 0 spiro atoms. The third-order valence-electron chi connectivity index (χ3n) is 3.17. The fraction of sp³-hybridized carbons (Fsp3) is 0.333. The number of urea groups is 1. The average Bonchev–Trinajstić information content (AvgIpc) is 2.50. The van der Waals surface area contributed by atoms with Gasteiger partial charge >= 0.3 is 12.2 Å². The number of imide groups is 1. The maximum absolute atomic E-state index is 13.0. The van der Waals surface area contributed by atoms with Gasteiger partial charge in [0.15, 0.2) is 0 Å². The lowest BCUT2D eigenvalue weighted by molar-refractivity contribution is -0.145. The van der Waals surface area contributed by atoms with Crippen molar-refractivity contribution in [2.24, 2.45) is 11.7 Å². The second-order valence-corrected chi connectivity index (χ2v) is 6.63. The second kappa shape index (κ2) is 7.26. The third kappa shape index (κ3) is 4.59. The van der Waals surface area contributed by atoms with Gasteiger partial charge in [0.05, 0.1) is 10.8 Å². The fourth-order valence-corrected chi connectivity index (χ4v) is 3.19. The van der Waals surface area contributed by atoms with Crippen LogP contribution in [-0.4, -0.2) is 27.2 Å². The molecule has 1 atom stereocenters. The average molecular weight is 372 g/mol. The molecule has 0 bridgehead atoms. The van der Waals surface area contributed by atoms with Crippen LogP contribution in [0.4, 0.5) is 18.0 Å². The number of para-hydroxylation sites is 1. The standard InChI is InChI=1S/C15H15F3N4O2S/c1-7(2)10(11(23)21-14(19)24)25-12-8-5-3-4-6-9(8)20-13(22-12)15(16,17)18/h3-7,10H,1-2H3,(H3,19,21,23,24)/t10-/m0/s1. The molecule has 0 fully saturated rings. The summed E-state index contributed by atoms with van der Waals surface area (Å²) in [6, 6.07) is 5.17. The molecule has 3 amide bonds. The number of nitrogens with zero attached hydrogens (tertiary/aromatic N) is 2. The highest BCUT2D eigenvalue weighted by molar-refractivity contribution is 8.00. The molecule has 6 nitrogen and oxygen atoms in total. The first-order valence-corrected chi connectivity index (χ1v) is 8.08. The predicted octanol–water partition coefficient (Wildman–Crippen LogP) is 2.96. The van der Waals surface area contributed by atoms with Crippen LogP contribution in [0.1, 0.15) is 19.7 Å². The number of nitrogens with two attached hydrogens (primary N) is 1. The largest absolute Gasteiger partial charge is 0.451 e. The van der Waals surface area contributed by atoms with Crippen LogP contribution < -0.4 is 11.1 Å². The number of alkyl halides is 3. The van der Waals surface area contributed by atoms with Crippen LogP contribution in [-0.2, 0) is 11.0 Å². The van der Waals surface area contributed by atoms with E-state index in [4.69, 9.17) is 5.73 Å². The molecule has 0 aliphatic heterocycles. The molecule has 10 heteroatoms. The van der Waals surface area contributed by atoms with E-state index < -0.39 is 29.2 Å². The Labute approximate surface area is 145 Å². The molecule has 1 aromatic heterocycles. The van der Waals surface area contributed by atoms with Gasteiger partial charge in [-0.05, 0) is 12.0 Å². The van der Waals surface area contributed by atoms with Gasteiger partial charge in [0.25, 0.3) is 0 Å². The summed E-state index contributed by atoms with van der Waals surface area (Å²) >= 11 is 0.836. The molecule has 0 aliphatic rings. The second-order valence-electron chi connectivity index (χ2n) is 5.50. The normalized spacial score (nSPS) is 13.0. The molecule has 134 valence electrons. The maximum Gasteiger partial charge on any atom is 0.451 e. The highest BCUT2D eigenvalue weighted by Crippen LogP contribution is 2.35. The van der Waals surface area contributed by atoms with Crippen molar-refractivity contribution in [3.63, 3.8) is 0 Å². The summed E-state index contributed by atoms with van der Waals surface area (Å²) in [6.07, 6.45) is -4.72. The lowest BCUT2D eigenvalue weighted by Gasteiger charge is -2.19. The predicted molar refractivity (Wildman–Crippen MR) is 86.7 cm³/mol. The zero-order chi connectivity index (χ0) is 18.8. The van der Waals surface area contributed by atoms with Crippen LogP contribution in [0.15, 0.2) is 29.3 Å². The maximum atomic E-state index is 13.0. The lowest BCUT2D eigenvalue weighted by atomic mass is 10.1. The highest BCUT2D eigenvalue weighted by atomic mass is 32.2. The fourth-order valence-electron chi connectivity index (χ4n) is 2.07. The van der Waals surface area contributed by atoms with E-state index in [1.807, 2.05) is 5.32 Å². The van der Waals surface area contributed by atoms with Crippen LogP contribution in [0.3, 0.4) is 0 Å². The van der Waals surface area contributed by atoms with Crippen molar-refractivity contribution in [3.8, 4) is 0 Å². The Morgan fingerprint density at radius 1 is 1.20 bits per heavy atom. The van der Waals surface area contributed by atoms with Crippen LogP contribution in [0.25, 0.3) is 10.9 Å². The van der Waals surface area contributed by atoms with Crippen molar-refractivity contribution in [2.75, 3.05) is 0 Å². The Hall–Kier alpha value is -2.36. The van der Waals surface area contributed by atoms with Gasteiger partial charge in [-0.3, -0.25) is 10.1 Å². The summed E-state index contributed by atoms with van der Waals surface area (Å²) in [5.41, 5.74) is 5.06. The van der Waals surface area contributed by atoms with Crippen LogP contribution in [0.5, 0.6) is 0 Å². The van der Waals surface area contributed by atoms with Crippen LogP contribution >= 0.6 is 11.8 Å². The smallest absolute Gasteiger partial charge is 0.351 e. The Kier molecular flexibility index (Phi) is 5.51. The third-order valence-corrected chi connectivity index (χ3v) is 4.72. The first kappa shape index (κ1) is 19.0. The summed E-state index contributed by atoms with van der Waals surface area (Å²) in [5.74, 6) is -2.26. The SMILES string of the molecule is CC(C)[C@H](Sc1nc(C(F)(F)F)nc2ccccc12)C(=O)NC(N)=O. The molecule has 1 aromatic carbocycles. The Morgan fingerprint density at radius 3 is 2.40 bits per heavy atom. The number of nitrogens with one attached hydrogen (secondary N) is 1. The van der Waals surface area contributed by atoms with Gasteiger partial charge in [-0.25, -0.2) is 14.8 Å². The molecule has 1 heterocycles. The zero-order valence-electron chi connectivity index (χ0n) is 13.3. The molecule has 0 saturated carbocycles. The van der Waals surface area contributed by atoms with Crippen molar-refractivity contribution in [1.82, 2.24) is 15.3 Å². The summed E-state index contributed by atoms with van der Waals surface area (Å²) in [4.78, 5) is 30.1. The molecular formula is C15H15F3N4O2S. The number of rotatable bonds is 4. The monoisotopic (exact) mass is 372 g/mol. The van der Waals surface area contributed by atoms with Crippen molar-refractivity contribution >= 4 is 34.6 Å². The molecule has 2 rings (SSSR count). The van der Waals surface area contributed by atoms with Gasteiger partial charge in [-0.2, -0.15) is 13.2 Å². The number of primary amides is 1. The number of hydrogen-bond acceptors (Lipinski definition) is 5. The van der Waals surface area contributed by atoms with Crippen molar-refractivity contribution in [2.45, 2.75) is 30.3 Å². The molecule has 0 unspecified atom stereocenters. The number of amides is 3. The molecule has 0 radical (unpaired) electrons. The van der Waals surface area contributed by atoms with E-state index in [0.29, 0.717) is 5.39 Å². The molecule has 2 aromatic rings. The number of benzene rings is 1. The number of hydrogen-bond donors (Lipinski definition) is 2. The van der Waals surface area contributed by atoms with E-state index in [1.165, 1.54) is 6.07 Å². The number of aromatic nitrogens is 2. The van der Waals surface area contributed by atoms with E-state index in [1.54, 1.807) is 32.0 Å². The molecular weight excluding hydrogens is 357 g/mol. The number of thioether (sulfide) groups is 1. The molecule has 3 N–H and O–H groups in total. The van der Waals surface area contributed by atoms with Gasteiger partial charge in [-0.15, -0.1) is 0 Å². The van der Waals surface area contributed by atoms with Gasteiger partial charge in [0, 0.05) is 5.39 Å². The van der Waals surface area contributed by atoms with Crippen LogP contribution in [0.2, 0.25) is 0 Å². The number of carbonyl (C=O) groups excluding carboxylic acids is 2. The van der Waals surface area contributed by atoms with Gasteiger partial charge in [0.1, 0.15) is 5.03 Å². The van der Waals surface area contributed by atoms with Crippen LogP contribution in [0, 0.1) is 5.92 Å². The summed E-state index contributed by atoms with van der Waals surface area (Å²) in [7, 11) is 0. The Bertz CT molecular complexity index is 811. The van der Waals surface area contributed by atoms with Gasteiger partial charge < -0.3 is 5.73 Å². The van der Waals surface area contributed by atoms with E-state index in [9.17, 15) is 22.8 Å². The minimum atomic E-state index is -4.72. The lowest BCUT2D eigenvalue weighted by Crippen LogP contribution is -2.42. The van der Waals surface area contributed by atoms with E-state index in [0.717, 1.165) is 11.8 Å². The molecule has 25 heavy (non-hydrogen) atoms. The summed E-state index contributed by atoms with van der Waals surface area (Å²) < 4.78 is 39.1.